The Labute approximate surface area is 123 Å². The van der Waals surface area contributed by atoms with Gasteiger partial charge in [-0.25, -0.2) is 0 Å². The van der Waals surface area contributed by atoms with E-state index in [4.69, 9.17) is 11.6 Å². The van der Waals surface area contributed by atoms with E-state index >= 15 is 0 Å². The fourth-order valence-electron chi connectivity index (χ4n) is 2.67. The van der Waals surface area contributed by atoms with Crippen molar-refractivity contribution in [2.45, 2.75) is 6.92 Å². The van der Waals surface area contributed by atoms with Crippen LogP contribution in [0.1, 0.15) is 17.4 Å². The lowest BCUT2D eigenvalue weighted by Gasteiger charge is -2.33. The van der Waals surface area contributed by atoms with E-state index in [1.54, 1.807) is 0 Å². The van der Waals surface area contributed by atoms with Crippen LogP contribution in [-0.4, -0.2) is 53.4 Å². The molecule has 1 N–H and O–H groups in total. The van der Waals surface area contributed by atoms with Crippen molar-refractivity contribution < 1.29 is 4.79 Å². The van der Waals surface area contributed by atoms with Crippen molar-refractivity contribution in [1.82, 2.24) is 14.8 Å². The highest BCUT2D eigenvalue weighted by Crippen LogP contribution is 2.24. The lowest BCUT2D eigenvalue weighted by atomic mass is 10.2. The Hall–Kier alpha value is -1.52. The Morgan fingerprint density at radius 1 is 1.30 bits per heavy atom. The van der Waals surface area contributed by atoms with Crippen LogP contribution in [0.4, 0.5) is 0 Å². The van der Waals surface area contributed by atoms with Gasteiger partial charge in [0, 0.05) is 42.1 Å². The van der Waals surface area contributed by atoms with Crippen LogP contribution in [0.15, 0.2) is 24.3 Å². The van der Waals surface area contributed by atoms with Gasteiger partial charge in [-0.05, 0) is 24.7 Å². The van der Waals surface area contributed by atoms with E-state index in [-0.39, 0.29) is 5.91 Å². The third-order valence-corrected chi connectivity index (χ3v) is 4.28. The molecule has 0 spiro atoms. The van der Waals surface area contributed by atoms with Gasteiger partial charge in [0.2, 0.25) is 0 Å². The number of aromatic nitrogens is 1. The summed E-state index contributed by atoms with van der Waals surface area (Å²) in [4.78, 5) is 19.9. The summed E-state index contributed by atoms with van der Waals surface area (Å²) in [5, 5.41) is 1.58. The summed E-state index contributed by atoms with van der Waals surface area (Å²) in [5.74, 6) is 0.0630. The zero-order chi connectivity index (χ0) is 14.1. The number of hydrogen-bond acceptors (Lipinski definition) is 2. The molecule has 0 atom stereocenters. The number of nitrogens with zero attached hydrogens (tertiary/aromatic N) is 2. The number of carbonyl (C=O) groups is 1. The first-order chi connectivity index (χ1) is 9.69. The highest BCUT2D eigenvalue weighted by atomic mass is 35.5. The molecule has 2 heterocycles. The Morgan fingerprint density at radius 3 is 2.70 bits per heavy atom. The van der Waals surface area contributed by atoms with Gasteiger partial charge in [0.15, 0.2) is 0 Å². The molecule has 1 aromatic carbocycles. The van der Waals surface area contributed by atoms with Crippen molar-refractivity contribution in [3.8, 4) is 0 Å². The number of nitrogens with one attached hydrogen (secondary N) is 1. The molecule has 3 rings (SSSR count). The van der Waals surface area contributed by atoms with Crippen molar-refractivity contribution in [2.24, 2.45) is 0 Å². The van der Waals surface area contributed by atoms with Crippen LogP contribution >= 0.6 is 11.6 Å². The standard InChI is InChI=1S/C15H18ClN3O/c1-2-18-6-8-19(9-7-18)15(20)14-10-11-12(16)4-3-5-13(11)17-14/h3-5,10,17H,2,6-9H2,1H3. The maximum atomic E-state index is 12.5. The monoisotopic (exact) mass is 291 g/mol. The second-order valence-electron chi connectivity index (χ2n) is 5.11. The average molecular weight is 292 g/mol. The molecule has 0 aliphatic carbocycles. The first-order valence-electron chi connectivity index (χ1n) is 6.98. The molecule has 1 aromatic heterocycles. The summed E-state index contributed by atoms with van der Waals surface area (Å²) in [6.07, 6.45) is 0. The zero-order valence-corrected chi connectivity index (χ0v) is 12.3. The van der Waals surface area contributed by atoms with Gasteiger partial charge in [0.25, 0.3) is 5.91 Å². The van der Waals surface area contributed by atoms with Crippen LogP contribution in [-0.2, 0) is 0 Å². The molecular weight excluding hydrogens is 274 g/mol. The number of fused-ring (bicyclic) bond motifs is 1. The number of benzene rings is 1. The minimum Gasteiger partial charge on any atom is -0.350 e. The summed E-state index contributed by atoms with van der Waals surface area (Å²) in [5.41, 5.74) is 1.53. The number of piperazine rings is 1. The van der Waals surface area contributed by atoms with E-state index in [2.05, 4.69) is 16.8 Å². The van der Waals surface area contributed by atoms with Gasteiger partial charge in [0.05, 0.1) is 0 Å². The Bertz CT molecular complexity index is 629. The van der Waals surface area contributed by atoms with E-state index in [1.807, 2.05) is 29.2 Å². The van der Waals surface area contributed by atoms with E-state index in [0.717, 1.165) is 43.6 Å². The predicted molar refractivity (Wildman–Crippen MR) is 81.3 cm³/mol. The molecule has 106 valence electrons. The molecule has 1 fully saturated rings. The van der Waals surface area contributed by atoms with Crippen LogP contribution in [0.3, 0.4) is 0 Å². The minimum absolute atomic E-state index is 0.0630. The smallest absolute Gasteiger partial charge is 0.270 e. The summed E-state index contributed by atoms with van der Waals surface area (Å²) < 4.78 is 0. The van der Waals surface area contributed by atoms with Crippen LogP contribution in [0.2, 0.25) is 5.02 Å². The highest BCUT2D eigenvalue weighted by Gasteiger charge is 2.22. The number of H-pyrrole nitrogens is 1. The van der Waals surface area contributed by atoms with Gasteiger partial charge in [0.1, 0.15) is 5.69 Å². The summed E-state index contributed by atoms with van der Waals surface area (Å²) in [6.45, 7) is 6.67. The molecule has 20 heavy (non-hydrogen) atoms. The Kier molecular flexibility index (Phi) is 3.68. The highest BCUT2D eigenvalue weighted by molar-refractivity contribution is 6.35. The van der Waals surface area contributed by atoms with Gasteiger partial charge >= 0.3 is 0 Å². The largest absolute Gasteiger partial charge is 0.350 e. The quantitative estimate of drug-likeness (QED) is 0.924. The molecule has 0 bridgehead atoms. The van der Waals surface area contributed by atoms with Crippen molar-refractivity contribution in [1.29, 1.82) is 0 Å². The SMILES string of the molecule is CCN1CCN(C(=O)c2cc3c(Cl)cccc3[nH]2)CC1. The molecular formula is C15H18ClN3O. The van der Waals surface area contributed by atoms with Gasteiger partial charge < -0.3 is 14.8 Å². The number of amides is 1. The maximum absolute atomic E-state index is 12.5. The van der Waals surface area contributed by atoms with Crippen LogP contribution < -0.4 is 0 Å². The fraction of sp³-hybridized carbons (Fsp3) is 0.400. The second kappa shape index (κ2) is 5.46. The lowest BCUT2D eigenvalue weighted by Crippen LogP contribution is -2.48. The van der Waals surface area contributed by atoms with Gasteiger partial charge in [-0.1, -0.05) is 24.6 Å². The summed E-state index contributed by atoms with van der Waals surface area (Å²) in [7, 11) is 0. The van der Waals surface area contributed by atoms with Crippen molar-refractivity contribution in [2.75, 3.05) is 32.7 Å². The minimum atomic E-state index is 0.0630. The number of rotatable bonds is 2. The Morgan fingerprint density at radius 2 is 2.05 bits per heavy atom. The summed E-state index contributed by atoms with van der Waals surface area (Å²) in [6, 6.07) is 7.51. The van der Waals surface area contributed by atoms with E-state index in [0.29, 0.717) is 10.7 Å². The van der Waals surface area contributed by atoms with E-state index in [1.165, 1.54) is 0 Å². The van der Waals surface area contributed by atoms with E-state index in [9.17, 15) is 4.79 Å². The number of likely N-dealkylation sites (N-methyl/N-ethyl adjacent to an activating group) is 1. The average Bonchev–Trinajstić information content (AvgIpc) is 2.92. The fourth-order valence-corrected chi connectivity index (χ4v) is 2.90. The first kappa shape index (κ1) is 13.5. The number of aromatic amines is 1. The molecule has 4 nitrogen and oxygen atoms in total. The molecule has 1 aliphatic rings. The zero-order valence-electron chi connectivity index (χ0n) is 11.5. The maximum Gasteiger partial charge on any atom is 0.270 e. The van der Waals surface area contributed by atoms with Crippen LogP contribution in [0.5, 0.6) is 0 Å². The van der Waals surface area contributed by atoms with Crippen molar-refractivity contribution >= 4 is 28.4 Å². The number of hydrogen-bond donors (Lipinski definition) is 1. The second-order valence-corrected chi connectivity index (χ2v) is 5.52. The first-order valence-corrected chi connectivity index (χ1v) is 7.35. The topological polar surface area (TPSA) is 39.3 Å². The molecule has 0 radical (unpaired) electrons. The van der Waals surface area contributed by atoms with Gasteiger partial charge in [-0.3, -0.25) is 4.79 Å². The molecule has 2 aromatic rings. The third-order valence-electron chi connectivity index (χ3n) is 3.95. The molecule has 1 aliphatic heterocycles. The number of halogens is 1. The molecule has 1 saturated heterocycles. The third kappa shape index (κ3) is 2.41. The molecule has 0 unspecified atom stereocenters. The van der Waals surface area contributed by atoms with Crippen LogP contribution in [0, 0.1) is 0 Å². The van der Waals surface area contributed by atoms with Crippen molar-refractivity contribution in [3.63, 3.8) is 0 Å². The van der Waals surface area contributed by atoms with Crippen LogP contribution in [0.25, 0.3) is 10.9 Å². The lowest BCUT2D eigenvalue weighted by molar-refractivity contribution is 0.0638. The molecule has 5 heteroatoms. The van der Waals surface area contributed by atoms with E-state index < -0.39 is 0 Å². The van der Waals surface area contributed by atoms with Gasteiger partial charge in [-0.2, -0.15) is 0 Å². The molecule has 1 amide bonds. The Balaban J connectivity index is 1.81. The normalized spacial score (nSPS) is 16.8. The van der Waals surface area contributed by atoms with Crippen molar-refractivity contribution in [3.05, 3.63) is 35.0 Å². The number of carbonyl (C=O) groups excluding carboxylic acids is 1. The summed E-state index contributed by atoms with van der Waals surface area (Å²) >= 11 is 6.15. The predicted octanol–water partition coefficient (Wildman–Crippen LogP) is 2.60. The van der Waals surface area contributed by atoms with Gasteiger partial charge in [-0.15, -0.1) is 0 Å². The molecule has 0 saturated carbocycles.